The number of nitrogens with one attached hydrogen (secondary N) is 2. The molecule has 0 saturated carbocycles. The van der Waals surface area contributed by atoms with E-state index < -0.39 is 17.9 Å². The zero-order chi connectivity index (χ0) is 17.6. The van der Waals surface area contributed by atoms with Gasteiger partial charge in [-0.15, -0.1) is 0 Å². The first kappa shape index (κ1) is 16.6. The lowest BCUT2D eigenvalue weighted by Gasteiger charge is -2.25. The SMILES string of the molecule is C/C(=C/C(=O)NNC(=O)C1COc2ccccc2O1)c1ccccc1. The predicted molar refractivity (Wildman–Crippen MR) is 92.7 cm³/mol. The molecule has 2 aromatic carbocycles. The number of allylic oxidation sites excluding steroid dienone is 1. The van der Waals surface area contributed by atoms with Crippen LogP contribution >= 0.6 is 0 Å². The van der Waals surface area contributed by atoms with Crippen LogP contribution in [0.1, 0.15) is 12.5 Å². The molecule has 0 spiro atoms. The van der Waals surface area contributed by atoms with Crippen molar-refractivity contribution < 1.29 is 19.1 Å². The van der Waals surface area contributed by atoms with Crippen LogP contribution in [0.5, 0.6) is 11.5 Å². The highest BCUT2D eigenvalue weighted by Crippen LogP contribution is 2.30. The van der Waals surface area contributed by atoms with E-state index in [4.69, 9.17) is 9.47 Å². The maximum absolute atomic E-state index is 12.1. The first-order valence-corrected chi connectivity index (χ1v) is 7.85. The number of hydrogen-bond acceptors (Lipinski definition) is 4. The maximum Gasteiger partial charge on any atom is 0.283 e. The van der Waals surface area contributed by atoms with E-state index in [0.29, 0.717) is 11.5 Å². The highest BCUT2D eigenvalue weighted by atomic mass is 16.6. The van der Waals surface area contributed by atoms with Gasteiger partial charge in [0.05, 0.1) is 0 Å². The molecule has 0 bridgehead atoms. The third kappa shape index (κ3) is 4.17. The summed E-state index contributed by atoms with van der Waals surface area (Å²) in [4.78, 5) is 24.1. The molecule has 1 aliphatic rings. The smallest absolute Gasteiger partial charge is 0.283 e. The average Bonchev–Trinajstić information content (AvgIpc) is 2.66. The van der Waals surface area contributed by atoms with Crippen molar-refractivity contribution in [2.45, 2.75) is 13.0 Å². The molecule has 0 aromatic heterocycles. The van der Waals surface area contributed by atoms with Crippen LogP contribution in [-0.2, 0) is 9.59 Å². The second-order valence-electron chi connectivity index (χ2n) is 5.54. The Balaban J connectivity index is 1.53. The molecule has 128 valence electrons. The van der Waals surface area contributed by atoms with Gasteiger partial charge in [0, 0.05) is 6.08 Å². The molecule has 25 heavy (non-hydrogen) atoms. The molecule has 6 nitrogen and oxygen atoms in total. The minimum Gasteiger partial charge on any atom is -0.485 e. The van der Waals surface area contributed by atoms with Gasteiger partial charge in [0.25, 0.3) is 11.8 Å². The Morgan fingerprint density at radius 1 is 1.00 bits per heavy atom. The summed E-state index contributed by atoms with van der Waals surface area (Å²) in [6, 6.07) is 16.6. The van der Waals surface area contributed by atoms with Crippen LogP contribution in [0.2, 0.25) is 0 Å². The van der Waals surface area contributed by atoms with Crippen molar-refractivity contribution in [2.75, 3.05) is 6.61 Å². The number of carbonyl (C=O) groups is 2. The molecule has 1 atom stereocenters. The first-order valence-electron chi connectivity index (χ1n) is 7.85. The normalized spacial score (nSPS) is 16.0. The number of carbonyl (C=O) groups excluding carboxylic acids is 2. The summed E-state index contributed by atoms with van der Waals surface area (Å²) in [7, 11) is 0. The number of hydrogen-bond donors (Lipinski definition) is 2. The fourth-order valence-electron chi connectivity index (χ4n) is 2.37. The Kier molecular flexibility index (Phi) is 4.99. The summed E-state index contributed by atoms with van der Waals surface area (Å²) >= 11 is 0. The van der Waals surface area contributed by atoms with Gasteiger partial charge >= 0.3 is 0 Å². The van der Waals surface area contributed by atoms with Crippen LogP contribution in [0, 0.1) is 0 Å². The zero-order valence-corrected chi connectivity index (χ0v) is 13.7. The van der Waals surface area contributed by atoms with Crippen molar-refractivity contribution in [2.24, 2.45) is 0 Å². The van der Waals surface area contributed by atoms with Crippen molar-refractivity contribution >= 4 is 17.4 Å². The number of amides is 2. The van der Waals surface area contributed by atoms with E-state index in [2.05, 4.69) is 10.9 Å². The summed E-state index contributed by atoms with van der Waals surface area (Å²) in [5.74, 6) is 0.192. The van der Waals surface area contributed by atoms with Crippen molar-refractivity contribution in [1.82, 2.24) is 10.9 Å². The summed E-state index contributed by atoms with van der Waals surface area (Å²) in [5.41, 5.74) is 6.43. The Morgan fingerprint density at radius 2 is 1.68 bits per heavy atom. The van der Waals surface area contributed by atoms with Crippen molar-refractivity contribution in [3.63, 3.8) is 0 Å². The lowest BCUT2D eigenvalue weighted by atomic mass is 10.1. The van der Waals surface area contributed by atoms with Gasteiger partial charge in [-0.2, -0.15) is 0 Å². The summed E-state index contributed by atoms with van der Waals surface area (Å²) in [6.07, 6.45) is 0.595. The van der Waals surface area contributed by atoms with Gasteiger partial charge in [0.1, 0.15) is 6.61 Å². The molecule has 0 saturated heterocycles. The Bertz CT molecular complexity index is 802. The van der Waals surface area contributed by atoms with Crippen molar-refractivity contribution in [1.29, 1.82) is 0 Å². The maximum atomic E-state index is 12.1. The number of rotatable bonds is 3. The van der Waals surface area contributed by atoms with E-state index in [1.165, 1.54) is 6.08 Å². The molecule has 0 radical (unpaired) electrons. The minimum atomic E-state index is -0.825. The average molecular weight is 338 g/mol. The molecular weight excluding hydrogens is 320 g/mol. The summed E-state index contributed by atoms with van der Waals surface area (Å²) in [5, 5.41) is 0. The number of para-hydroxylation sites is 2. The van der Waals surface area contributed by atoms with Crippen LogP contribution in [0.25, 0.3) is 5.57 Å². The Labute approximate surface area is 145 Å². The van der Waals surface area contributed by atoms with E-state index in [1.807, 2.05) is 43.3 Å². The molecular formula is C19H18N2O4. The van der Waals surface area contributed by atoms with E-state index in [0.717, 1.165) is 11.1 Å². The zero-order valence-electron chi connectivity index (χ0n) is 13.7. The molecule has 0 fully saturated rings. The lowest BCUT2D eigenvalue weighted by Crippen LogP contribution is -2.50. The molecule has 6 heteroatoms. The van der Waals surface area contributed by atoms with Crippen molar-refractivity contribution in [3.8, 4) is 11.5 Å². The second kappa shape index (κ2) is 7.53. The third-order valence-corrected chi connectivity index (χ3v) is 3.69. The van der Waals surface area contributed by atoms with Gasteiger partial charge in [-0.05, 0) is 30.2 Å². The van der Waals surface area contributed by atoms with Gasteiger partial charge in [-0.1, -0.05) is 42.5 Å². The van der Waals surface area contributed by atoms with Crippen molar-refractivity contribution in [3.05, 3.63) is 66.2 Å². The van der Waals surface area contributed by atoms with E-state index in [1.54, 1.807) is 18.2 Å². The highest BCUT2D eigenvalue weighted by molar-refractivity contribution is 5.96. The van der Waals surface area contributed by atoms with Gasteiger partial charge in [-0.25, -0.2) is 0 Å². The molecule has 2 N–H and O–H groups in total. The topological polar surface area (TPSA) is 76.7 Å². The molecule has 2 amide bonds. The van der Waals surface area contributed by atoms with E-state index in [-0.39, 0.29) is 6.61 Å². The standard InChI is InChI=1S/C19H18N2O4/c1-13(14-7-3-2-4-8-14)11-18(22)20-21-19(23)17-12-24-15-9-5-6-10-16(15)25-17/h2-11,17H,12H2,1H3,(H,20,22)(H,21,23)/b13-11-. The minimum absolute atomic E-state index is 0.0810. The van der Waals surface area contributed by atoms with Crippen LogP contribution in [0.15, 0.2) is 60.7 Å². The van der Waals surface area contributed by atoms with Crippen LogP contribution in [0.3, 0.4) is 0 Å². The fraction of sp³-hybridized carbons (Fsp3) is 0.158. The molecule has 0 aliphatic carbocycles. The predicted octanol–water partition coefficient (Wildman–Crippen LogP) is 2.08. The molecule has 1 unspecified atom stereocenters. The Hall–Kier alpha value is -3.28. The van der Waals surface area contributed by atoms with Gasteiger partial charge in [0.15, 0.2) is 11.5 Å². The monoisotopic (exact) mass is 338 g/mol. The fourth-order valence-corrected chi connectivity index (χ4v) is 2.37. The van der Waals surface area contributed by atoms with Crippen LogP contribution in [0.4, 0.5) is 0 Å². The molecule has 3 rings (SSSR count). The second-order valence-corrected chi connectivity index (χ2v) is 5.54. The first-order chi connectivity index (χ1) is 12.1. The largest absolute Gasteiger partial charge is 0.485 e. The van der Waals surface area contributed by atoms with Gasteiger partial charge in [0.2, 0.25) is 6.10 Å². The van der Waals surface area contributed by atoms with Gasteiger partial charge < -0.3 is 9.47 Å². The molecule has 1 aliphatic heterocycles. The number of fused-ring (bicyclic) bond motifs is 1. The number of ether oxygens (including phenoxy) is 2. The van der Waals surface area contributed by atoms with E-state index in [9.17, 15) is 9.59 Å². The lowest BCUT2D eigenvalue weighted by molar-refractivity contribution is -0.134. The summed E-state index contributed by atoms with van der Waals surface area (Å²) < 4.78 is 11.0. The molecule has 1 heterocycles. The number of benzene rings is 2. The summed E-state index contributed by atoms with van der Waals surface area (Å²) in [6.45, 7) is 1.91. The number of hydrazine groups is 1. The van der Waals surface area contributed by atoms with Crippen LogP contribution in [-0.4, -0.2) is 24.5 Å². The highest BCUT2D eigenvalue weighted by Gasteiger charge is 2.27. The third-order valence-electron chi connectivity index (χ3n) is 3.69. The molecule has 2 aromatic rings. The van der Waals surface area contributed by atoms with Crippen LogP contribution < -0.4 is 20.3 Å². The van der Waals surface area contributed by atoms with Gasteiger partial charge in [-0.3, -0.25) is 20.4 Å². The Morgan fingerprint density at radius 3 is 2.44 bits per heavy atom. The van der Waals surface area contributed by atoms with E-state index >= 15 is 0 Å². The quantitative estimate of drug-likeness (QED) is 0.664.